The predicted molar refractivity (Wildman–Crippen MR) is 144 cm³/mol. The topological polar surface area (TPSA) is 80.3 Å². The second-order valence-electron chi connectivity index (χ2n) is 8.60. The summed E-state index contributed by atoms with van der Waals surface area (Å²) in [4.78, 5) is 13.9. The summed E-state index contributed by atoms with van der Waals surface area (Å²) in [7, 11) is 0. The molecule has 1 saturated heterocycles. The molecular formula is C27H36Cl2F2N2O5. The van der Waals surface area contributed by atoms with E-state index in [1.165, 1.54) is 18.2 Å². The lowest BCUT2D eigenvalue weighted by molar-refractivity contribution is 0.0707. The molecule has 7 nitrogen and oxygen atoms in total. The van der Waals surface area contributed by atoms with Crippen LogP contribution in [-0.4, -0.2) is 55.0 Å². The maximum absolute atomic E-state index is 14.2. The van der Waals surface area contributed by atoms with Crippen molar-refractivity contribution in [1.29, 1.82) is 0 Å². The molecule has 1 aliphatic rings. The van der Waals surface area contributed by atoms with E-state index in [1.54, 1.807) is 11.0 Å². The number of benzene rings is 2. The number of carbonyl (C=O) groups excluding carboxylic acids is 1. The maximum atomic E-state index is 14.2. The molecule has 0 spiro atoms. The van der Waals surface area contributed by atoms with Crippen LogP contribution in [0.2, 0.25) is 10.0 Å². The monoisotopic (exact) mass is 576 g/mol. The highest BCUT2D eigenvalue weighted by molar-refractivity contribution is 6.31. The number of hydrogen-bond acceptors (Lipinski definition) is 6. The van der Waals surface area contributed by atoms with Gasteiger partial charge >= 0.3 is 6.09 Å². The van der Waals surface area contributed by atoms with E-state index in [0.717, 1.165) is 32.4 Å². The van der Waals surface area contributed by atoms with E-state index in [1.807, 2.05) is 20.8 Å². The molecule has 38 heavy (non-hydrogen) atoms. The van der Waals surface area contributed by atoms with Crippen molar-refractivity contribution in [1.82, 2.24) is 10.2 Å². The van der Waals surface area contributed by atoms with Gasteiger partial charge in [-0.3, -0.25) is 0 Å². The Morgan fingerprint density at radius 3 is 2.03 bits per heavy atom. The number of carbonyl (C=O) groups is 1. The van der Waals surface area contributed by atoms with Crippen molar-refractivity contribution in [2.75, 3.05) is 32.8 Å². The molecule has 1 unspecified atom stereocenters. The standard InChI is InChI=1S/C17H24ClFN2O3.C10H12ClFO2/c1-3-7-23-13-8-15(18)14(16(19)9-13)11-24-17(22)21-6-5-20-10-12(21)4-2;1-2-3-14-7-4-9(11)8(6-13)10(12)5-7/h8-9,12,20H,3-7,10-11H2,1-2H3;4-5,13H,2-3,6H2,1H3. The quantitative estimate of drug-likeness (QED) is 0.343. The smallest absolute Gasteiger partial charge is 0.410 e. The highest BCUT2D eigenvalue weighted by Gasteiger charge is 2.26. The first-order valence-electron chi connectivity index (χ1n) is 12.7. The molecule has 212 valence electrons. The van der Waals surface area contributed by atoms with Gasteiger partial charge < -0.3 is 29.5 Å². The molecule has 1 atom stereocenters. The normalized spacial score (nSPS) is 14.9. The van der Waals surface area contributed by atoms with Crippen LogP contribution in [0, 0.1) is 11.6 Å². The molecule has 3 rings (SSSR count). The van der Waals surface area contributed by atoms with Crippen LogP contribution in [0.3, 0.4) is 0 Å². The van der Waals surface area contributed by atoms with E-state index in [4.69, 9.17) is 42.5 Å². The minimum atomic E-state index is -0.536. The van der Waals surface area contributed by atoms with E-state index in [0.29, 0.717) is 31.3 Å². The number of rotatable bonds is 10. The Hall–Kier alpha value is -2.33. The number of hydrogen-bond donors (Lipinski definition) is 2. The zero-order valence-electron chi connectivity index (χ0n) is 22.0. The summed E-state index contributed by atoms with van der Waals surface area (Å²) in [6.45, 7) is 8.40. The van der Waals surface area contributed by atoms with Crippen LogP contribution in [0.1, 0.15) is 51.2 Å². The van der Waals surface area contributed by atoms with Crippen molar-refractivity contribution in [3.05, 3.63) is 57.1 Å². The van der Waals surface area contributed by atoms with Crippen LogP contribution >= 0.6 is 23.2 Å². The zero-order valence-corrected chi connectivity index (χ0v) is 23.5. The van der Waals surface area contributed by atoms with Crippen molar-refractivity contribution < 1.29 is 32.9 Å². The van der Waals surface area contributed by atoms with Crippen LogP contribution in [0.4, 0.5) is 13.6 Å². The average Bonchev–Trinajstić information content (AvgIpc) is 2.90. The molecule has 2 aromatic rings. The first-order valence-corrected chi connectivity index (χ1v) is 13.5. The SMILES string of the molecule is CCCOc1cc(F)c(CO)c(Cl)c1.CCCOc1cc(F)c(COC(=O)N2CCNCC2CC)c(Cl)c1. The molecule has 1 aliphatic heterocycles. The van der Waals surface area contributed by atoms with Gasteiger partial charge in [0.1, 0.15) is 29.7 Å². The Morgan fingerprint density at radius 2 is 1.55 bits per heavy atom. The van der Waals surface area contributed by atoms with Gasteiger partial charge in [-0.2, -0.15) is 0 Å². The molecule has 0 aromatic heterocycles. The van der Waals surface area contributed by atoms with Gasteiger partial charge in [-0.05, 0) is 31.4 Å². The Labute approximate surface area is 233 Å². The molecule has 0 aliphatic carbocycles. The van der Waals surface area contributed by atoms with Crippen molar-refractivity contribution in [2.24, 2.45) is 0 Å². The van der Waals surface area contributed by atoms with E-state index in [-0.39, 0.29) is 33.8 Å². The fraction of sp³-hybridized carbons (Fsp3) is 0.519. The number of nitrogens with one attached hydrogen (secondary N) is 1. The maximum Gasteiger partial charge on any atom is 0.410 e. The molecular weight excluding hydrogens is 541 g/mol. The van der Waals surface area contributed by atoms with Crippen LogP contribution in [-0.2, 0) is 18.0 Å². The number of aliphatic hydroxyl groups excluding tert-OH is 1. The van der Waals surface area contributed by atoms with Crippen LogP contribution in [0.15, 0.2) is 24.3 Å². The van der Waals surface area contributed by atoms with Gasteiger partial charge in [-0.15, -0.1) is 0 Å². The van der Waals surface area contributed by atoms with Gasteiger partial charge in [0.2, 0.25) is 0 Å². The Kier molecular flexibility index (Phi) is 13.9. The molecule has 0 saturated carbocycles. The summed E-state index contributed by atoms with van der Waals surface area (Å²) in [5.74, 6) is -0.297. The first-order chi connectivity index (χ1) is 18.2. The van der Waals surface area contributed by atoms with Gasteiger partial charge in [-0.25, -0.2) is 13.6 Å². The summed E-state index contributed by atoms with van der Waals surface area (Å²) in [5.41, 5.74) is 0.271. The van der Waals surface area contributed by atoms with Gasteiger partial charge in [0.25, 0.3) is 0 Å². The van der Waals surface area contributed by atoms with Crippen molar-refractivity contribution in [3.8, 4) is 11.5 Å². The van der Waals surface area contributed by atoms with E-state index in [9.17, 15) is 13.6 Å². The van der Waals surface area contributed by atoms with E-state index >= 15 is 0 Å². The summed E-state index contributed by atoms with van der Waals surface area (Å²) >= 11 is 11.8. The van der Waals surface area contributed by atoms with Gasteiger partial charge in [0, 0.05) is 48.9 Å². The van der Waals surface area contributed by atoms with Gasteiger partial charge in [0.05, 0.1) is 29.9 Å². The Balaban J connectivity index is 0.000000308. The molecule has 2 N–H and O–H groups in total. The van der Waals surface area contributed by atoms with Crippen molar-refractivity contribution >= 4 is 29.3 Å². The third kappa shape index (κ3) is 9.45. The number of amides is 1. The lowest BCUT2D eigenvalue weighted by Gasteiger charge is -2.34. The van der Waals surface area contributed by atoms with Gasteiger partial charge in [0.15, 0.2) is 0 Å². The molecule has 2 aromatic carbocycles. The summed E-state index contributed by atoms with van der Waals surface area (Å²) < 4.78 is 43.3. The van der Waals surface area contributed by atoms with Crippen molar-refractivity contribution in [2.45, 2.75) is 59.3 Å². The number of ether oxygens (including phenoxy) is 3. The highest BCUT2D eigenvalue weighted by Crippen LogP contribution is 2.28. The number of piperazine rings is 1. The molecule has 1 heterocycles. The number of halogens is 4. The highest BCUT2D eigenvalue weighted by atomic mass is 35.5. The fourth-order valence-electron chi connectivity index (χ4n) is 3.64. The zero-order chi connectivity index (χ0) is 28.1. The minimum absolute atomic E-state index is 0.0939. The van der Waals surface area contributed by atoms with Crippen molar-refractivity contribution in [3.63, 3.8) is 0 Å². The lowest BCUT2D eigenvalue weighted by Crippen LogP contribution is -2.53. The molecule has 1 amide bonds. The van der Waals surface area contributed by atoms with E-state index in [2.05, 4.69) is 5.32 Å². The molecule has 0 bridgehead atoms. The second kappa shape index (κ2) is 16.6. The Bertz CT molecular complexity index is 999. The summed E-state index contributed by atoms with van der Waals surface area (Å²) in [6.07, 6.45) is 2.06. The first kappa shape index (κ1) is 31.9. The second-order valence-corrected chi connectivity index (χ2v) is 9.41. The molecule has 0 radical (unpaired) electrons. The average molecular weight is 577 g/mol. The number of nitrogens with zero attached hydrogens (tertiary/aromatic N) is 1. The number of aliphatic hydroxyl groups is 1. The third-order valence-corrected chi connectivity index (χ3v) is 6.40. The molecule has 1 fully saturated rings. The van der Waals surface area contributed by atoms with E-state index < -0.39 is 24.3 Å². The van der Waals surface area contributed by atoms with Crippen LogP contribution in [0.5, 0.6) is 11.5 Å². The summed E-state index contributed by atoms with van der Waals surface area (Å²) in [6, 6.07) is 5.64. The molecule has 11 heteroatoms. The van der Waals surface area contributed by atoms with Crippen LogP contribution in [0.25, 0.3) is 0 Å². The van der Waals surface area contributed by atoms with Gasteiger partial charge in [-0.1, -0.05) is 44.0 Å². The lowest BCUT2D eigenvalue weighted by atomic mass is 10.1. The third-order valence-electron chi connectivity index (χ3n) is 5.73. The Morgan fingerprint density at radius 1 is 1.00 bits per heavy atom. The largest absolute Gasteiger partial charge is 0.493 e. The minimum Gasteiger partial charge on any atom is -0.493 e. The fourth-order valence-corrected chi connectivity index (χ4v) is 4.15. The summed E-state index contributed by atoms with van der Waals surface area (Å²) in [5, 5.41) is 12.4. The predicted octanol–water partition coefficient (Wildman–Crippen LogP) is 6.35. The van der Waals surface area contributed by atoms with Crippen LogP contribution < -0.4 is 14.8 Å².